The molecule has 7 nitrogen and oxygen atoms in total. The van der Waals surface area contributed by atoms with Gasteiger partial charge >= 0.3 is 5.97 Å². The third-order valence-corrected chi connectivity index (χ3v) is 6.03. The van der Waals surface area contributed by atoms with Crippen molar-refractivity contribution in [3.63, 3.8) is 0 Å². The van der Waals surface area contributed by atoms with Crippen LogP contribution in [0.3, 0.4) is 0 Å². The molecule has 0 radical (unpaired) electrons. The number of pyridine rings is 2. The van der Waals surface area contributed by atoms with Crippen LogP contribution in [0.2, 0.25) is 0 Å². The van der Waals surface area contributed by atoms with Crippen molar-refractivity contribution in [3.05, 3.63) is 35.8 Å². The number of piperidine rings is 1. The van der Waals surface area contributed by atoms with Crippen molar-refractivity contribution >= 4 is 11.7 Å². The minimum absolute atomic E-state index is 0.0575. The molecule has 0 saturated carbocycles. The fourth-order valence-electron chi connectivity index (χ4n) is 4.04. The van der Waals surface area contributed by atoms with E-state index in [2.05, 4.69) is 28.7 Å². The lowest BCUT2D eigenvalue weighted by Gasteiger charge is -2.40. The van der Waals surface area contributed by atoms with E-state index in [0.717, 1.165) is 54.1 Å². The van der Waals surface area contributed by atoms with E-state index >= 15 is 0 Å². The van der Waals surface area contributed by atoms with E-state index in [1.165, 1.54) is 0 Å². The Morgan fingerprint density at radius 1 is 1.22 bits per heavy atom. The van der Waals surface area contributed by atoms with Gasteiger partial charge in [0, 0.05) is 42.7 Å². The van der Waals surface area contributed by atoms with Gasteiger partial charge in [-0.3, -0.25) is 14.8 Å². The maximum Gasteiger partial charge on any atom is 0.307 e. The van der Waals surface area contributed by atoms with Crippen molar-refractivity contribution in [3.8, 4) is 17.0 Å². The summed E-state index contributed by atoms with van der Waals surface area (Å²) in [5.74, 6) is -0.182. The predicted octanol–water partition coefficient (Wildman–Crippen LogP) is 4.51. The maximum atomic E-state index is 11.6. The Labute approximate surface area is 190 Å². The normalized spacial score (nSPS) is 16.6. The van der Waals surface area contributed by atoms with Crippen LogP contribution in [0.5, 0.6) is 5.75 Å². The molecular formula is C25H35N3O4. The molecular weight excluding hydrogens is 406 g/mol. The first kappa shape index (κ1) is 24.0. The average Bonchev–Trinajstić information content (AvgIpc) is 2.74. The summed E-state index contributed by atoms with van der Waals surface area (Å²) in [6.45, 7) is 13.3. The molecule has 3 rings (SSSR count). The third kappa shape index (κ3) is 5.97. The van der Waals surface area contributed by atoms with Gasteiger partial charge in [0.15, 0.2) is 0 Å². The second kappa shape index (κ2) is 10.3. The van der Waals surface area contributed by atoms with Crippen LogP contribution in [-0.2, 0) is 16.0 Å². The molecule has 0 amide bonds. The zero-order valence-corrected chi connectivity index (χ0v) is 19.9. The highest BCUT2D eigenvalue weighted by Gasteiger charge is 2.29. The molecule has 0 bridgehead atoms. The molecule has 1 N–H and O–H groups in total. The van der Waals surface area contributed by atoms with E-state index in [1.54, 1.807) is 6.20 Å². The molecule has 1 aliphatic heterocycles. The molecule has 1 unspecified atom stereocenters. The molecule has 1 saturated heterocycles. The number of nitrogens with zero attached hydrogens (tertiary/aromatic N) is 3. The number of hydrogen-bond donors (Lipinski definition) is 1. The highest BCUT2D eigenvalue weighted by atomic mass is 16.5. The number of aryl methyl sites for hydroxylation is 1. The monoisotopic (exact) mass is 441 g/mol. The van der Waals surface area contributed by atoms with Gasteiger partial charge in [0.2, 0.25) is 0 Å². The number of anilines is 1. The summed E-state index contributed by atoms with van der Waals surface area (Å²) in [5.41, 5.74) is 4.37. The summed E-state index contributed by atoms with van der Waals surface area (Å²) in [7, 11) is 0. The van der Waals surface area contributed by atoms with Crippen LogP contribution in [0, 0.1) is 12.3 Å². The molecule has 0 aliphatic carbocycles. The molecule has 1 aliphatic rings. The Kier molecular flexibility index (Phi) is 7.72. The van der Waals surface area contributed by atoms with Gasteiger partial charge in [-0.1, -0.05) is 13.8 Å². The number of carboxylic acids is 1. The Morgan fingerprint density at radius 2 is 1.94 bits per heavy atom. The number of carboxylic acid groups (broad SMARTS) is 1. The van der Waals surface area contributed by atoms with Gasteiger partial charge in [0.25, 0.3) is 0 Å². The van der Waals surface area contributed by atoms with Crippen LogP contribution in [0.25, 0.3) is 11.3 Å². The largest absolute Gasteiger partial charge is 0.487 e. The van der Waals surface area contributed by atoms with Crippen LogP contribution in [0.15, 0.2) is 24.5 Å². The molecule has 2 aromatic heterocycles. The topological polar surface area (TPSA) is 84.8 Å². The lowest BCUT2D eigenvalue weighted by atomic mass is 9.82. The summed E-state index contributed by atoms with van der Waals surface area (Å²) in [4.78, 5) is 23.1. The van der Waals surface area contributed by atoms with Crippen molar-refractivity contribution in [2.75, 3.05) is 31.2 Å². The first-order valence-electron chi connectivity index (χ1n) is 11.4. The van der Waals surface area contributed by atoms with E-state index < -0.39 is 5.97 Å². The Hall–Kier alpha value is -2.67. The molecule has 0 spiro atoms. The Bertz CT molecular complexity index is 918. The van der Waals surface area contributed by atoms with E-state index in [9.17, 15) is 9.90 Å². The van der Waals surface area contributed by atoms with Crippen LogP contribution in [-0.4, -0.2) is 53.5 Å². The van der Waals surface area contributed by atoms with Crippen molar-refractivity contribution in [1.82, 2.24) is 9.97 Å². The quantitative estimate of drug-likeness (QED) is 0.613. The van der Waals surface area contributed by atoms with Crippen molar-refractivity contribution in [1.29, 1.82) is 0 Å². The van der Waals surface area contributed by atoms with Crippen molar-refractivity contribution in [2.24, 2.45) is 5.41 Å². The molecule has 1 fully saturated rings. The van der Waals surface area contributed by atoms with Crippen molar-refractivity contribution in [2.45, 2.75) is 60.0 Å². The van der Waals surface area contributed by atoms with E-state index in [0.29, 0.717) is 24.4 Å². The number of ether oxygens (including phenoxy) is 2. The van der Waals surface area contributed by atoms with E-state index in [1.807, 2.05) is 39.1 Å². The number of hydrogen-bond acceptors (Lipinski definition) is 6. The fourth-order valence-corrected chi connectivity index (χ4v) is 4.04. The van der Waals surface area contributed by atoms with Crippen LogP contribution in [0.4, 0.5) is 5.69 Å². The van der Waals surface area contributed by atoms with Gasteiger partial charge in [-0.25, -0.2) is 0 Å². The highest BCUT2D eigenvalue weighted by Crippen LogP contribution is 2.39. The second-order valence-electron chi connectivity index (χ2n) is 9.27. The molecule has 174 valence electrons. The standard InChI is InChI=1S/C25H35N3O4/c1-6-31-16-17(2)32-19-7-8-22(27-14-19)21-15-26-18(3)20(13-23(29)30)24(21)28-11-9-25(4,5)10-12-28/h7-8,14-15,17H,6,9-13,16H2,1-5H3,(H,29,30). The molecule has 3 heterocycles. The SMILES string of the molecule is CCOCC(C)Oc1ccc(-c2cnc(C)c(CC(=O)O)c2N2CCC(C)(C)CC2)nc1. The molecule has 2 aromatic rings. The number of rotatable bonds is 9. The van der Waals surface area contributed by atoms with Gasteiger partial charge in [-0.05, 0) is 51.2 Å². The number of aliphatic carboxylic acids is 1. The van der Waals surface area contributed by atoms with Gasteiger partial charge in [-0.2, -0.15) is 0 Å². The van der Waals surface area contributed by atoms with Gasteiger partial charge in [0.1, 0.15) is 11.9 Å². The predicted molar refractivity (Wildman–Crippen MR) is 125 cm³/mol. The van der Waals surface area contributed by atoms with Crippen LogP contribution < -0.4 is 9.64 Å². The van der Waals surface area contributed by atoms with Gasteiger partial charge in [-0.15, -0.1) is 0 Å². The minimum Gasteiger partial charge on any atom is -0.487 e. The number of carbonyl (C=O) groups is 1. The highest BCUT2D eigenvalue weighted by molar-refractivity contribution is 5.83. The lowest BCUT2D eigenvalue weighted by molar-refractivity contribution is -0.136. The molecule has 0 aromatic carbocycles. The average molecular weight is 442 g/mol. The first-order valence-corrected chi connectivity index (χ1v) is 11.4. The summed E-state index contributed by atoms with van der Waals surface area (Å²) >= 11 is 0. The molecule has 32 heavy (non-hydrogen) atoms. The fraction of sp³-hybridized carbons (Fsp3) is 0.560. The zero-order valence-electron chi connectivity index (χ0n) is 19.9. The van der Waals surface area contributed by atoms with E-state index in [-0.39, 0.29) is 12.5 Å². The number of aromatic nitrogens is 2. The third-order valence-electron chi connectivity index (χ3n) is 6.03. The zero-order chi connectivity index (χ0) is 23.3. The summed E-state index contributed by atoms with van der Waals surface area (Å²) in [5, 5.41) is 9.55. The summed E-state index contributed by atoms with van der Waals surface area (Å²) in [6.07, 6.45) is 5.50. The van der Waals surface area contributed by atoms with E-state index in [4.69, 9.17) is 9.47 Å². The minimum atomic E-state index is -0.856. The van der Waals surface area contributed by atoms with Crippen molar-refractivity contribution < 1.29 is 19.4 Å². The molecule has 1 atom stereocenters. The first-order chi connectivity index (χ1) is 15.2. The van der Waals surface area contributed by atoms with Gasteiger partial charge in [0.05, 0.1) is 30.6 Å². The van der Waals surface area contributed by atoms with Crippen LogP contribution >= 0.6 is 0 Å². The summed E-state index contributed by atoms with van der Waals surface area (Å²) in [6, 6.07) is 3.81. The lowest BCUT2D eigenvalue weighted by Crippen LogP contribution is -2.38. The van der Waals surface area contributed by atoms with Crippen LogP contribution in [0.1, 0.15) is 51.8 Å². The van der Waals surface area contributed by atoms with Gasteiger partial charge < -0.3 is 19.5 Å². The Balaban J connectivity index is 1.94. The Morgan fingerprint density at radius 3 is 2.53 bits per heavy atom. The molecule has 7 heteroatoms. The summed E-state index contributed by atoms with van der Waals surface area (Å²) < 4.78 is 11.3. The second-order valence-corrected chi connectivity index (χ2v) is 9.27. The smallest absolute Gasteiger partial charge is 0.307 e. The maximum absolute atomic E-state index is 11.6.